The van der Waals surface area contributed by atoms with Crippen LogP contribution in [0.5, 0.6) is 0 Å². The number of unbranched alkanes of at least 4 members (excludes halogenated alkanes) is 26. The van der Waals surface area contributed by atoms with Crippen LogP contribution in [0.2, 0.25) is 0 Å². The molecule has 0 aliphatic rings. The Labute approximate surface area is 266 Å². The Morgan fingerprint density at radius 2 is 0.837 bits per heavy atom. The van der Waals surface area contributed by atoms with Gasteiger partial charge in [0.1, 0.15) is 12.2 Å². The van der Waals surface area contributed by atoms with E-state index in [2.05, 4.69) is 6.92 Å². The van der Waals surface area contributed by atoms with Crippen molar-refractivity contribution in [3.8, 4) is 0 Å². The van der Waals surface area contributed by atoms with Gasteiger partial charge in [0.25, 0.3) is 0 Å². The molecule has 0 aliphatic heterocycles. The van der Waals surface area contributed by atoms with E-state index < -0.39 is 18.2 Å². The van der Waals surface area contributed by atoms with Gasteiger partial charge in [-0.3, -0.25) is 9.59 Å². The Bertz CT molecular complexity index is 596. The van der Waals surface area contributed by atoms with Crippen LogP contribution in [0.25, 0.3) is 0 Å². The number of hydrogen-bond donors (Lipinski definition) is 3. The van der Waals surface area contributed by atoms with E-state index in [1.807, 2.05) is 0 Å². The van der Waals surface area contributed by atoms with Crippen molar-refractivity contribution in [3.63, 3.8) is 0 Å². The first kappa shape index (κ1) is 41.9. The summed E-state index contributed by atoms with van der Waals surface area (Å²) in [6.07, 6.45) is 33.9. The van der Waals surface area contributed by atoms with Crippen molar-refractivity contribution in [3.05, 3.63) is 0 Å². The fourth-order valence-electron chi connectivity index (χ4n) is 5.88. The van der Waals surface area contributed by atoms with E-state index in [0.29, 0.717) is 19.3 Å². The van der Waals surface area contributed by atoms with Crippen molar-refractivity contribution in [1.29, 1.82) is 0 Å². The molecule has 0 rings (SSSR count). The molecule has 0 aromatic carbocycles. The number of aliphatic hydroxyl groups excluding tert-OH is 2. The third-order valence-corrected chi connectivity index (χ3v) is 8.76. The summed E-state index contributed by atoms with van der Waals surface area (Å²) >= 11 is 0. The summed E-state index contributed by atoms with van der Waals surface area (Å²) < 4.78 is 5.57. The van der Waals surface area contributed by atoms with Gasteiger partial charge in [0.2, 0.25) is 0 Å². The number of rotatable bonds is 35. The minimum absolute atomic E-state index is 0.243. The van der Waals surface area contributed by atoms with Crippen LogP contribution in [-0.2, 0) is 14.3 Å². The largest absolute Gasteiger partial charge is 0.481 e. The van der Waals surface area contributed by atoms with Gasteiger partial charge in [-0.1, -0.05) is 167 Å². The van der Waals surface area contributed by atoms with Gasteiger partial charge in [-0.05, 0) is 25.7 Å². The normalized spacial score (nSPS) is 12.8. The summed E-state index contributed by atoms with van der Waals surface area (Å²) in [4.78, 5) is 22.8. The lowest BCUT2D eigenvalue weighted by atomic mass is 10.0. The SMILES string of the molecule is CCCCCCCCCCCCCCCCCC(=O)OC(CCCCCCCCCCCCCCCC(=O)O)C(O)CO. The maximum atomic E-state index is 12.3. The summed E-state index contributed by atoms with van der Waals surface area (Å²) in [5, 5.41) is 28.2. The Kier molecular flexibility index (Phi) is 32.9. The number of carboxylic acids is 1. The van der Waals surface area contributed by atoms with Crippen molar-refractivity contribution in [2.24, 2.45) is 0 Å². The van der Waals surface area contributed by atoms with Gasteiger partial charge in [0.05, 0.1) is 6.61 Å². The first-order valence-corrected chi connectivity index (χ1v) is 18.7. The molecule has 2 atom stereocenters. The number of esters is 1. The molecule has 0 spiro atoms. The first-order chi connectivity index (χ1) is 21.0. The Hall–Kier alpha value is -1.14. The van der Waals surface area contributed by atoms with Crippen LogP contribution in [-0.4, -0.2) is 46.1 Å². The van der Waals surface area contributed by atoms with Gasteiger partial charge >= 0.3 is 11.9 Å². The Morgan fingerprint density at radius 1 is 0.512 bits per heavy atom. The number of carbonyl (C=O) groups excluding carboxylic acids is 1. The van der Waals surface area contributed by atoms with Gasteiger partial charge in [0, 0.05) is 12.8 Å². The molecule has 0 heterocycles. The Morgan fingerprint density at radius 3 is 1.19 bits per heavy atom. The number of ether oxygens (including phenoxy) is 1. The molecule has 0 aromatic rings. The minimum atomic E-state index is -0.998. The number of carboxylic acid groups (broad SMARTS) is 1. The summed E-state index contributed by atoms with van der Waals surface area (Å²) in [5.41, 5.74) is 0. The molecular formula is C37H72O6. The smallest absolute Gasteiger partial charge is 0.306 e. The van der Waals surface area contributed by atoms with Crippen LogP contribution in [0, 0.1) is 0 Å². The molecule has 2 unspecified atom stereocenters. The van der Waals surface area contributed by atoms with Crippen molar-refractivity contribution in [2.75, 3.05) is 6.61 Å². The quantitative estimate of drug-likeness (QED) is 0.0486. The molecule has 0 saturated heterocycles. The van der Waals surface area contributed by atoms with Crippen LogP contribution in [0.1, 0.15) is 206 Å². The second-order valence-corrected chi connectivity index (χ2v) is 13.0. The van der Waals surface area contributed by atoms with E-state index in [4.69, 9.17) is 9.84 Å². The van der Waals surface area contributed by atoms with Crippen LogP contribution in [0.4, 0.5) is 0 Å². The number of aliphatic carboxylic acids is 1. The molecule has 256 valence electrons. The van der Waals surface area contributed by atoms with Crippen LogP contribution in [0.15, 0.2) is 0 Å². The van der Waals surface area contributed by atoms with E-state index in [1.165, 1.54) is 128 Å². The van der Waals surface area contributed by atoms with Gasteiger partial charge in [0.15, 0.2) is 0 Å². The molecular weight excluding hydrogens is 540 g/mol. The van der Waals surface area contributed by atoms with Gasteiger partial charge in [-0.25, -0.2) is 0 Å². The molecule has 3 N–H and O–H groups in total. The summed E-state index contributed by atoms with van der Waals surface area (Å²) in [6.45, 7) is 1.89. The second-order valence-electron chi connectivity index (χ2n) is 13.0. The van der Waals surface area contributed by atoms with E-state index in [-0.39, 0.29) is 12.6 Å². The molecule has 0 bridgehead atoms. The zero-order chi connectivity index (χ0) is 31.6. The molecule has 0 aromatic heterocycles. The molecule has 6 heteroatoms. The Balaban J connectivity index is 3.62. The highest BCUT2D eigenvalue weighted by Crippen LogP contribution is 2.17. The van der Waals surface area contributed by atoms with Crippen molar-refractivity contribution >= 4 is 11.9 Å². The molecule has 0 amide bonds. The van der Waals surface area contributed by atoms with E-state index >= 15 is 0 Å². The average Bonchev–Trinajstić information content (AvgIpc) is 2.99. The average molecular weight is 613 g/mol. The summed E-state index contributed by atoms with van der Waals surface area (Å²) in [5.74, 6) is -0.931. The third kappa shape index (κ3) is 32.1. The predicted molar refractivity (Wildman–Crippen MR) is 179 cm³/mol. The summed E-state index contributed by atoms with van der Waals surface area (Å²) in [6, 6.07) is 0. The van der Waals surface area contributed by atoms with Crippen LogP contribution < -0.4 is 0 Å². The van der Waals surface area contributed by atoms with Crippen LogP contribution in [0.3, 0.4) is 0 Å². The van der Waals surface area contributed by atoms with Crippen molar-refractivity contribution < 1.29 is 29.6 Å². The topological polar surface area (TPSA) is 104 Å². The first-order valence-electron chi connectivity index (χ1n) is 18.7. The molecule has 0 aliphatic carbocycles. The standard InChI is InChI=1S/C37H72O6/c1-2-3-4-5-6-7-8-9-10-14-17-20-23-26-29-32-37(42)43-35(34(39)33-38)30-27-24-21-18-15-12-11-13-16-19-22-25-28-31-36(40)41/h34-35,38-39H,2-33H2,1H3,(H,40,41). The predicted octanol–water partition coefficient (Wildman–Crippen LogP) is 10.4. The lowest BCUT2D eigenvalue weighted by Gasteiger charge is -2.22. The second kappa shape index (κ2) is 33.7. The summed E-state index contributed by atoms with van der Waals surface area (Å²) in [7, 11) is 0. The van der Waals surface area contributed by atoms with Crippen molar-refractivity contribution in [2.45, 2.75) is 218 Å². The lowest BCUT2D eigenvalue weighted by Crippen LogP contribution is -2.34. The third-order valence-electron chi connectivity index (χ3n) is 8.76. The zero-order valence-electron chi connectivity index (χ0n) is 28.3. The fourth-order valence-corrected chi connectivity index (χ4v) is 5.88. The van der Waals surface area contributed by atoms with E-state index in [9.17, 15) is 19.8 Å². The maximum Gasteiger partial charge on any atom is 0.306 e. The number of carbonyl (C=O) groups is 2. The number of hydrogen-bond acceptors (Lipinski definition) is 5. The molecule has 43 heavy (non-hydrogen) atoms. The molecule has 0 saturated carbocycles. The highest BCUT2D eigenvalue weighted by atomic mass is 16.6. The molecule has 6 nitrogen and oxygen atoms in total. The molecule has 0 fully saturated rings. The van der Waals surface area contributed by atoms with Crippen LogP contribution >= 0.6 is 0 Å². The van der Waals surface area contributed by atoms with Gasteiger partial charge < -0.3 is 20.1 Å². The zero-order valence-corrected chi connectivity index (χ0v) is 28.3. The highest BCUT2D eigenvalue weighted by molar-refractivity contribution is 5.69. The van der Waals surface area contributed by atoms with Gasteiger partial charge in [-0.15, -0.1) is 0 Å². The van der Waals surface area contributed by atoms with Gasteiger partial charge in [-0.2, -0.15) is 0 Å². The van der Waals surface area contributed by atoms with Crippen molar-refractivity contribution in [1.82, 2.24) is 0 Å². The fraction of sp³-hybridized carbons (Fsp3) is 0.946. The highest BCUT2D eigenvalue weighted by Gasteiger charge is 2.22. The minimum Gasteiger partial charge on any atom is -0.481 e. The number of aliphatic hydroxyl groups is 2. The monoisotopic (exact) mass is 613 g/mol. The lowest BCUT2D eigenvalue weighted by molar-refractivity contribution is -0.157. The van der Waals surface area contributed by atoms with E-state index in [0.717, 1.165) is 51.4 Å². The maximum absolute atomic E-state index is 12.3. The molecule has 0 radical (unpaired) electrons. The van der Waals surface area contributed by atoms with E-state index in [1.54, 1.807) is 0 Å².